The van der Waals surface area contributed by atoms with E-state index in [2.05, 4.69) is 4.98 Å². The molecule has 2 aromatic carbocycles. The lowest BCUT2D eigenvalue weighted by molar-refractivity contribution is 0.318. The van der Waals surface area contributed by atoms with E-state index in [0.717, 1.165) is 12.8 Å². The van der Waals surface area contributed by atoms with Gasteiger partial charge in [0.2, 0.25) is 0 Å². The first-order chi connectivity index (χ1) is 12.8. The Balaban J connectivity index is 0.00000225. The monoisotopic (exact) mass is 365 g/mol. The summed E-state index contributed by atoms with van der Waals surface area (Å²) < 4.78 is 36.5. The van der Waals surface area contributed by atoms with Crippen molar-refractivity contribution in [2.45, 2.75) is 25.8 Å². The Bertz CT molecular complexity index is 967. The molecule has 5 heteroatoms. The number of aromatic nitrogens is 2. The van der Waals surface area contributed by atoms with E-state index in [4.69, 9.17) is 17.1 Å². The Kier molecular flexibility index (Phi) is 4.02. The molecular formula is C19H21Cl2N3. The zero-order chi connectivity index (χ0) is 19.2. The molecule has 1 aliphatic heterocycles. The van der Waals surface area contributed by atoms with Crippen molar-refractivity contribution in [3.8, 4) is 0 Å². The first-order valence-electron chi connectivity index (χ1n) is 9.81. The van der Waals surface area contributed by atoms with Gasteiger partial charge in [0.25, 0.3) is 0 Å². The molecular weight excluding hydrogens is 341 g/mol. The van der Waals surface area contributed by atoms with Gasteiger partial charge in [0, 0.05) is 11.5 Å². The lowest BCUT2D eigenvalue weighted by atomic mass is 10.2. The van der Waals surface area contributed by atoms with Crippen LogP contribution in [0.1, 0.15) is 29.7 Å². The minimum atomic E-state index is -1.98. The second-order valence-corrected chi connectivity index (χ2v) is 6.12. The Morgan fingerprint density at radius 2 is 1.71 bits per heavy atom. The second-order valence-electron chi connectivity index (χ2n) is 5.68. The maximum Gasteiger partial charge on any atom is 0.124 e. The van der Waals surface area contributed by atoms with Crippen LogP contribution < -0.4 is 0 Å². The maximum atomic E-state index is 8.83. The summed E-state index contributed by atoms with van der Waals surface area (Å²) in [6.07, 6.45) is 1.87. The molecule has 0 aliphatic carbocycles. The molecule has 1 aliphatic rings. The smallest absolute Gasteiger partial charge is 0.124 e. The van der Waals surface area contributed by atoms with Gasteiger partial charge < -0.3 is 4.57 Å². The normalized spacial score (nSPS) is 18.5. The lowest BCUT2D eigenvalue weighted by Crippen LogP contribution is -2.21. The molecule has 24 heavy (non-hydrogen) atoms. The van der Waals surface area contributed by atoms with Crippen molar-refractivity contribution in [2.75, 3.05) is 13.1 Å². The molecule has 0 bridgehead atoms. The number of hydrogen-bond acceptors (Lipinski definition) is 2. The molecule has 126 valence electrons. The van der Waals surface area contributed by atoms with Crippen LogP contribution in [0.15, 0.2) is 48.5 Å². The van der Waals surface area contributed by atoms with Gasteiger partial charge in [-0.3, -0.25) is 4.90 Å². The fraction of sp³-hybridized carbons (Fsp3) is 0.316. The Labute approximate surface area is 159 Å². The molecule has 0 spiro atoms. The van der Waals surface area contributed by atoms with Gasteiger partial charge in [0.15, 0.2) is 0 Å². The van der Waals surface area contributed by atoms with Gasteiger partial charge >= 0.3 is 0 Å². The van der Waals surface area contributed by atoms with Gasteiger partial charge in [0.05, 0.1) is 23.0 Å². The average Bonchev–Trinajstić information content (AvgIpc) is 3.30. The molecule has 1 aromatic heterocycles. The molecule has 0 radical (unpaired) electrons. The average molecular weight is 366 g/mol. The summed E-state index contributed by atoms with van der Waals surface area (Å²) in [5.41, 5.74) is 1.54. The van der Waals surface area contributed by atoms with Crippen LogP contribution in [0, 0.1) is 0 Å². The molecule has 0 saturated carbocycles. The molecule has 2 heterocycles. The number of para-hydroxylation sites is 2. The summed E-state index contributed by atoms with van der Waals surface area (Å²) >= 11 is 5.96. The van der Waals surface area contributed by atoms with Crippen LogP contribution in [0.2, 0.25) is 5.02 Å². The highest BCUT2D eigenvalue weighted by Crippen LogP contribution is 2.21. The Hall–Kier alpha value is -1.55. The number of fused-ring (bicyclic) bond motifs is 1. The third-order valence-corrected chi connectivity index (χ3v) is 4.26. The van der Waals surface area contributed by atoms with E-state index in [9.17, 15) is 0 Å². The topological polar surface area (TPSA) is 21.1 Å². The molecule has 0 unspecified atom stereocenters. The zero-order valence-electron chi connectivity index (χ0n) is 17.1. The van der Waals surface area contributed by atoms with E-state index in [1.165, 1.54) is 4.57 Å². The number of hydrogen-bond donors (Lipinski definition) is 0. The van der Waals surface area contributed by atoms with Crippen molar-refractivity contribution in [1.82, 2.24) is 14.5 Å². The van der Waals surface area contributed by atoms with Gasteiger partial charge in [0.1, 0.15) is 5.82 Å². The molecule has 3 nitrogen and oxygen atoms in total. The number of rotatable bonds is 4. The van der Waals surface area contributed by atoms with Gasteiger partial charge in [-0.1, -0.05) is 35.9 Å². The molecule has 3 aromatic rings. The van der Waals surface area contributed by atoms with Gasteiger partial charge in [-0.25, -0.2) is 4.98 Å². The summed E-state index contributed by atoms with van der Waals surface area (Å²) in [6.45, 7) is -2.57. The summed E-state index contributed by atoms with van der Waals surface area (Å²) in [7, 11) is 0. The minimum absolute atomic E-state index is 0. The molecule has 1 saturated heterocycles. The highest BCUT2D eigenvalue weighted by atomic mass is 35.5. The van der Waals surface area contributed by atoms with Crippen molar-refractivity contribution in [3.05, 3.63) is 64.9 Å². The largest absolute Gasteiger partial charge is 0.322 e. The van der Waals surface area contributed by atoms with Gasteiger partial charge in [-0.05, 0) is 55.8 Å². The van der Waals surface area contributed by atoms with Crippen LogP contribution in [0.3, 0.4) is 0 Å². The van der Waals surface area contributed by atoms with E-state index in [1.807, 2.05) is 12.1 Å². The fourth-order valence-corrected chi connectivity index (χ4v) is 2.96. The van der Waals surface area contributed by atoms with E-state index in [0.29, 0.717) is 34.7 Å². The van der Waals surface area contributed by atoms with Crippen molar-refractivity contribution < 1.29 is 5.48 Å². The standard InChI is InChI=1S/C19H20ClN3.ClH/c20-16-9-7-15(8-10-16)13-23-18-6-2-1-5-17(18)21-19(23)14-22-11-3-4-12-22;/h1-2,5-10H,3-4,11-14H2;1H/i13D2,14D2;. The maximum absolute atomic E-state index is 8.83. The molecule has 0 amide bonds. The molecule has 1 fully saturated rings. The lowest BCUT2D eigenvalue weighted by Gasteiger charge is -2.16. The molecule has 0 N–H and O–H groups in total. The number of benzene rings is 2. The third-order valence-electron chi connectivity index (χ3n) is 4.01. The van der Waals surface area contributed by atoms with Gasteiger partial charge in [-0.15, -0.1) is 12.4 Å². The number of nitrogens with zero attached hydrogens (tertiary/aromatic N) is 3. The second kappa shape index (κ2) is 7.56. The first kappa shape index (κ1) is 12.8. The number of halogens is 2. The quantitative estimate of drug-likeness (QED) is 0.664. The van der Waals surface area contributed by atoms with Crippen LogP contribution >= 0.6 is 24.0 Å². The highest BCUT2D eigenvalue weighted by molar-refractivity contribution is 6.30. The van der Waals surface area contributed by atoms with Crippen molar-refractivity contribution in [2.24, 2.45) is 0 Å². The summed E-state index contributed by atoms with van der Waals surface area (Å²) in [6, 6.07) is 13.7. The summed E-state index contributed by atoms with van der Waals surface area (Å²) in [5, 5.41) is 0.526. The van der Waals surface area contributed by atoms with Crippen molar-refractivity contribution in [3.63, 3.8) is 0 Å². The van der Waals surface area contributed by atoms with Crippen LogP contribution in [0.5, 0.6) is 0 Å². The number of likely N-dealkylation sites (tertiary alicyclic amines) is 1. The predicted octanol–water partition coefficient (Wildman–Crippen LogP) is 4.76. The highest BCUT2D eigenvalue weighted by Gasteiger charge is 2.17. The summed E-state index contributed by atoms with van der Waals surface area (Å²) in [4.78, 5) is 6.26. The number of imidazole rings is 1. The first-order valence-corrected chi connectivity index (χ1v) is 8.19. The van der Waals surface area contributed by atoms with E-state index in [-0.39, 0.29) is 18.2 Å². The van der Waals surface area contributed by atoms with Gasteiger partial charge in [-0.2, -0.15) is 0 Å². The SMILES string of the molecule is Cl.[2H]C([2H])(c1nc2ccccc2n1C([2H])([2H])c1ccc(Cl)cc1)N1CCCC1. The molecule has 4 rings (SSSR count). The van der Waals surface area contributed by atoms with Crippen molar-refractivity contribution >= 4 is 35.0 Å². The van der Waals surface area contributed by atoms with E-state index >= 15 is 0 Å². The van der Waals surface area contributed by atoms with E-state index < -0.39 is 13.0 Å². The Morgan fingerprint density at radius 1 is 1.00 bits per heavy atom. The predicted molar refractivity (Wildman–Crippen MR) is 102 cm³/mol. The van der Waals surface area contributed by atoms with Crippen LogP contribution in [-0.2, 0) is 13.0 Å². The van der Waals surface area contributed by atoms with Crippen molar-refractivity contribution in [1.29, 1.82) is 0 Å². The minimum Gasteiger partial charge on any atom is -0.322 e. The van der Waals surface area contributed by atoms with Crippen LogP contribution in [0.25, 0.3) is 11.0 Å². The third kappa shape index (κ3) is 3.59. The zero-order valence-corrected chi connectivity index (χ0v) is 14.6. The Morgan fingerprint density at radius 3 is 2.46 bits per heavy atom. The van der Waals surface area contributed by atoms with E-state index in [1.54, 1.807) is 41.3 Å². The van der Waals surface area contributed by atoms with Crippen LogP contribution in [-0.4, -0.2) is 27.5 Å². The summed E-state index contributed by atoms with van der Waals surface area (Å²) in [5.74, 6) is 0.0885. The van der Waals surface area contributed by atoms with Crippen LogP contribution in [0.4, 0.5) is 0 Å². The molecule has 0 atom stereocenters. The fourth-order valence-electron chi connectivity index (χ4n) is 2.84.